The van der Waals surface area contributed by atoms with E-state index in [4.69, 9.17) is 23.2 Å². The van der Waals surface area contributed by atoms with Crippen LogP contribution in [-0.4, -0.2) is 19.2 Å². The quantitative estimate of drug-likeness (QED) is 0.686. The van der Waals surface area contributed by atoms with Crippen LogP contribution in [0.3, 0.4) is 0 Å². The van der Waals surface area contributed by atoms with E-state index in [0.29, 0.717) is 16.5 Å². The second-order valence-corrected chi connectivity index (χ2v) is 10.9. The zero-order valence-electron chi connectivity index (χ0n) is 15.5. The van der Waals surface area contributed by atoms with Crippen LogP contribution in [0.2, 0.25) is 10.0 Å². The summed E-state index contributed by atoms with van der Waals surface area (Å²) in [6, 6.07) is 14.9. The van der Waals surface area contributed by atoms with Crippen LogP contribution in [0, 0.1) is 0 Å². The van der Waals surface area contributed by atoms with Gasteiger partial charge in [0.05, 0.1) is 4.75 Å². The number of nitrogens with one attached hydrogen (secondary N) is 1. The van der Waals surface area contributed by atoms with E-state index in [1.54, 1.807) is 20.8 Å². The first-order chi connectivity index (χ1) is 12.0. The van der Waals surface area contributed by atoms with E-state index >= 15 is 0 Å². The monoisotopic (exact) mass is 413 g/mol. The van der Waals surface area contributed by atoms with Crippen LogP contribution in [0.5, 0.6) is 0 Å². The van der Waals surface area contributed by atoms with Gasteiger partial charge in [0.25, 0.3) is 0 Å². The summed E-state index contributed by atoms with van der Waals surface area (Å²) in [5.74, 6) is -0.0365. The summed E-state index contributed by atoms with van der Waals surface area (Å²) in [7, 11) is -3.45. The Bertz CT molecular complexity index is 826. The number of hydrogen-bond acceptors (Lipinski definition) is 2. The molecule has 0 fully saturated rings. The van der Waals surface area contributed by atoms with Gasteiger partial charge in [0, 0.05) is 22.0 Å². The average Bonchev–Trinajstić information content (AvgIpc) is 2.54. The van der Waals surface area contributed by atoms with Crippen molar-refractivity contribution < 1.29 is 8.42 Å². The highest BCUT2D eigenvalue weighted by molar-refractivity contribution is 7.90. The molecule has 2 aromatic rings. The molecule has 2 unspecified atom stereocenters. The summed E-state index contributed by atoms with van der Waals surface area (Å²) < 4.78 is 27.2. The third kappa shape index (κ3) is 5.46. The maximum Gasteiger partial charge on any atom is 0.216 e. The zero-order chi connectivity index (χ0) is 19.5. The van der Waals surface area contributed by atoms with Crippen molar-refractivity contribution in [3.05, 3.63) is 69.7 Å². The fourth-order valence-corrected chi connectivity index (χ4v) is 3.93. The molecule has 0 aliphatic carbocycles. The third-order valence-electron chi connectivity index (χ3n) is 4.42. The van der Waals surface area contributed by atoms with Gasteiger partial charge in [-0.15, -0.1) is 0 Å². The van der Waals surface area contributed by atoms with Gasteiger partial charge in [-0.2, -0.15) is 0 Å². The van der Waals surface area contributed by atoms with E-state index in [0.717, 1.165) is 11.1 Å². The number of halogens is 2. The fraction of sp³-hybridized carbons (Fsp3) is 0.400. The average molecular weight is 414 g/mol. The lowest BCUT2D eigenvalue weighted by Crippen LogP contribution is -2.46. The first-order valence-corrected chi connectivity index (χ1v) is 10.8. The summed E-state index contributed by atoms with van der Waals surface area (Å²) in [5.41, 5.74) is 2.13. The minimum absolute atomic E-state index is 0.0365. The van der Waals surface area contributed by atoms with Crippen LogP contribution in [0.25, 0.3) is 0 Å². The SMILES string of the molecule is CC(NS(=O)(=O)C(C)(C)C)C(Cc1ccc(Cl)cc1)c1ccc(Cl)cc1. The molecule has 3 nitrogen and oxygen atoms in total. The largest absolute Gasteiger partial charge is 0.216 e. The van der Waals surface area contributed by atoms with Crippen LogP contribution in [-0.2, 0) is 16.4 Å². The lowest BCUT2D eigenvalue weighted by molar-refractivity contribution is 0.487. The molecule has 26 heavy (non-hydrogen) atoms. The number of benzene rings is 2. The first kappa shape index (κ1) is 21.2. The van der Waals surface area contributed by atoms with Gasteiger partial charge in [0.15, 0.2) is 0 Å². The molecule has 0 saturated heterocycles. The minimum atomic E-state index is -3.45. The van der Waals surface area contributed by atoms with Crippen molar-refractivity contribution in [1.82, 2.24) is 4.72 Å². The molecule has 0 spiro atoms. The van der Waals surface area contributed by atoms with Gasteiger partial charge in [-0.05, 0) is 69.5 Å². The predicted octanol–water partition coefficient (Wildman–Crippen LogP) is 5.43. The maximum atomic E-state index is 12.6. The number of rotatable bonds is 6. The Morgan fingerprint density at radius 2 is 1.38 bits per heavy atom. The Balaban J connectivity index is 2.33. The van der Waals surface area contributed by atoms with E-state index in [2.05, 4.69) is 4.72 Å². The lowest BCUT2D eigenvalue weighted by Gasteiger charge is -2.29. The zero-order valence-corrected chi connectivity index (χ0v) is 17.8. The number of hydrogen-bond donors (Lipinski definition) is 1. The van der Waals surface area contributed by atoms with Gasteiger partial charge < -0.3 is 0 Å². The Hall–Kier alpha value is -1.07. The highest BCUT2D eigenvalue weighted by Crippen LogP contribution is 2.28. The van der Waals surface area contributed by atoms with E-state index in [1.165, 1.54) is 0 Å². The molecule has 6 heteroatoms. The van der Waals surface area contributed by atoms with Gasteiger partial charge in [0.2, 0.25) is 10.0 Å². The Kier molecular flexibility index (Phi) is 6.78. The fourth-order valence-electron chi connectivity index (χ4n) is 2.67. The van der Waals surface area contributed by atoms with E-state index in [9.17, 15) is 8.42 Å². The summed E-state index contributed by atoms with van der Waals surface area (Å²) in [6.45, 7) is 6.98. The second kappa shape index (κ2) is 8.30. The highest BCUT2D eigenvalue weighted by Gasteiger charge is 2.32. The minimum Gasteiger partial charge on any atom is -0.212 e. The second-order valence-electron chi connectivity index (χ2n) is 7.51. The molecule has 0 aliphatic rings. The van der Waals surface area contributed by atoms with Gasteiger partial charge in [0.1, 0.15) is 0 Å². The van der Waals surface area contributed by atoms with E-state index < -0.39 is 14.8 Å². The molecule has 142 valence electrons. The normalized spacial score (nSPS) is 14.8. The van der Waals surface area contributed by atoms with Crippen molar-refractivity contribution in [2.75, 3.05) is 0 Å². The molecule has 0 amide bonds. The maximum absolute atomic E-state index is 12.6. The van der Waals surface area contributed by atoms with Gasteiger partial charge >= 0.3 is 0 Å². The van der Waals surface area contributed by atoms with Crippen LogP contribution in [0.4, 0.5) is 0 Å². The van der Waals surface area contributed by atoms with Crippen LogP contribution in [0.15, 0.2) is 48.5 Å². The Morgan fingerprint density at radius 3 is 1.85 bits per heavy atom. The molecule has 0 aromatic heterocycles. The summed E-state index contributed by atoms with van der Waals surface area (Å²) in [4.78, 5) is 0. The van der Waals surface area contributed by atoms with Crippen molar-refractivity contribution in [2.24, 2.45) is 0 Å². The van der Waals surface area contributed by atoms with Gasteiger partial charge in [-0.25, -0.2) is 13.1 Å². The summed E-state index contributed by atoms with van der Waals surface area (Å²) in [6.07, 6.45) is 0.687. The summed E-state index contributed by atoms with van der Waals surface area (Å²) >= 11 is 12.0. The smallest absolute Gasteiger partial charge is 0.212 e. The van der Waals surface area contributed by atoms with Crippen molar-refractivity contribution in [3.63, 3.8) is 0 Å². The standard InChI is InChI=1S/C20H25Cl2NO2S/c1-14(23-26(24,25)20(2,3)4)19(16-7-11-18(22)12-8-16)13-15-5-9-17(21)10-6-15/h5-12,14,19,23H,13H2,1-4H3. The molecular weight excluding hydrogens is 389 g/mol. The number of sulfonamides is 1. The Labute approximate surface area is 166 Å². The van der Waals surface area contributed by atoms with Crippen LogP contribution in [0.1, 0.15) is 44.7 Å². The van der Waals surface area contributed by atoms with E-state index in [-0.39, 0.29) is 12.0 Å². The van der Waals surface area contributed by atoms with Crippen molar-refractivity contribution in [2.45, 2.75) is 50.8 Å². The van der Waals surface area contributed by atoms with Crippen molar-refractivity contribution >= 4 is 33.2 Å². The molecule has 2 rings (SSSR count). The highest BCUT2D eigenvalue weighted by atomic mass is 35.5. The third-order valence-corrected chi connectivity index (χ3v) is 7.22. The molecule has 0 radical (unpaired) electrons. The van der Waals surface area contributed by atoms with Crippen molar-refractivity contribution in [3.8, 4) is 0 Å². The van der Waals surface area contributed by atoms with E-state index in [1.807, 2.05) is 55.5 Å². The molecule has 2 aromatic carbocycles. The molecule has 0 heterocycles. The van der Waals surface area contributed by atoms with Crippen LogP contribution < -0.4 is 4.72 Å². The molecule has 1 N–H and O–H groups in total. The molecule has 0 saturated carbocycles. The van der Waals surface area contributed by atoms with Gasteiger partial charge in [-0.3, -0.25) is 0 Å². The van der Waals surface area contributed by atoms with Crippen LogP contribution >= 0.6 is 23.2 Å². The molecular formula is C20H25Cl2NO2S. The lowest BCUT2D eigenvalue weighted by atomic mass is 9.87. The molecule has 2 atom stereocenters. The van der Waals surface area contributed by atoms with Gasteiger partial charge in [-0.1, -0.05) is 47.5 Å². The predicted molar refractivity (Wildman–Crippen MR) is 111 cm³/mol. The van der Waals surface area contributed by atoms with Crippen molar-refractivity contribution in [1.29, 1.82) is 0 Å². The first-order valence-electron chi connectivity index (χ1n) is 8.51. The Morgan fingerprint density at radius 1 is 0.923 bits per heavy atom. The molecule has 0 aliphatic heterocycles. The topological polar surface area (TPSA) is 46.2 Å². The molecule has 0 bridgehead atoms. The summed E-state index contributed by atoms with van der Waals surface area (Å²) in [5, 5.41) is 1.33.